The van der Waals surface area contributed by atoms with Crippen LogP contribution in [0.25, 0.3) is 6.08 Å². The summed E-state index contributed by atoms with van der Waals surface area (Å²) in [5, 5.41) is 11.8. The molecule has 1 amide bonds. The van der Waals surface area contributed by atoms with Crippen LogP contribution in [-0.4, -0.2) is 18.0 Å². The molecular weight excluding hydrogens is 297 g/mol. The first kappa shape index (κ1) is 16.2. The lowest BCUT2D eigenvalue weighted by atomic mass is 10.1. The van der Waals surface area contributed by atoms with Crippen molar-refractivity contribution >= 4 is 12.0 Å². The Balaban J connectivity index is 2.17. The zero-order chi connectivity index (χ0) is 16.7. The molecule has 0 aliphatic heterocycles. The van der Waals surface area contributed by atoms with Gasteiger partial charge in [-0.3, -0.25) is 9.78 Å². The number of methoxy groups -OCH3 is 1. The van der Waals surface area contributed by atoms with E-state index in [4.69, 9.17) is 10.00 Å². The van der Waals surface area contributed by atoms with Crippen molar-refractivity contribution in [2.75, 3.05) is 7.11 Å². The van der Waals surface area contributed by atoms with Crippen LogP contribution in [0.2, 0.25) is 0 Å². The third kappa shape index (κ3) is 4.38. The SMILES string of the molecule is COc1ccc(F)cc1/C=C(\C#N)C(=O)NCc1ccncc1. The van der Waals surface area contributed by atoms with E-state index >= 15 is 0 Å². The third-order valence-electron chi connectivity index (χ3n) is 3.06. The number of amides is 1. The topological polar surface area (TPSA) is 75.0 Å². The summed E-state index contributed by atoms with van der Waals surface area (Å²) in [5.74, 6) is -0.650. The lowest BCUT2D eigenvalue weighted by Gasteiger charge is -2.07. The number of hydrogen-bond acceptors (Lipinski definition) is 4. The van der Waals surface area contributed by atoms with Crippen molar-refractivity contribution in [3.8, 4) is 11.8 Å². The van der Waals surface area contributed by atoms with Gasteiger partial charge < -0.3 is 10.1 Å². The minimum absolute atomic E-state index is 0.136. The van der Waals surface area contributed by atoms with Gasteiger partial charge in [0.15, 0.2) is 0 Å². The molecule has 1 N–H and O–H groups in total. The van der Waals surface area contributed by atoms with Crippen molar-refractivity contribution in [3.05, 3.63) is 65.2 Å². The molecule has 0 saturated carbocycles. The number of ether oxygens (including phenoxy) is 1. The molecule has 0 bridgehead atoms. The normalized spacial score (nSPS) is 10.7. The fraction of sp³-hybridized carbons (Fsp3) is 0.118. The van der Waals surface area contributed by atoms with Gasteiger partial charge in [0.1, 0.15) is 23.2 Å². The van der Waals surface area contributed by atoms with Gasteiger partial charge in [-0.1, -0.05) is 0 Å². The van der Waals surface area contributed by atoms with E-state index in [0.29, 0.717) is 11.3 Å². The molecule has 0 spiro atoms. The monoisotopic (exact) mass is 311 g/mol. The van der Waals surface area contributed by atoms with Crippen LogP contribution in [0.15, 0.2) is 48.3 Å². The van der Waals surface area contributed by atoms with E-state index < -0.39 is 11.7 Å². The summed E-state index contributed by atoms with van der Waals surface area (Å²) in [6, 6.07) is 9.21. The number of benzene rings is 1. The van der Waals surface area contributed by atoms with Crippen LogP contribution >= 0.6 is 0 Å². The number of rotatable bonds is 5. The summed E-state index contributed by atoms with van der Waals surface area (Å²) >= 11 is 0. The van der Waals surface area contributed by atoms with E-state index in [1.54, 1.807) is 24.5 Å². The largest absolute Gasteiger partial charge is 0.496 e. The second-order valence-electron chi connectivity index (χ2n) is 4.59. The van der Waals surface area contributed by atoms with Crippen LogP contribution in [-0.2, 0) is 11.3 Å². The molecule has 1 heterocycles. The Morgan fingerprint density at radius 2 is 2.13 bits per heavy atom. The van der Waals surface area contributed by atoms with E-state index in [0.717, 1.165) is 5.56 Å². The molecule has 1 aromatic heterocycles. The standard InChI is InChI=1S/C17H14FN3O2/c1-23-16-3-2-15(18)9-13(16)8-14(10-19)17(22)21-11-12-4-6-20-7-5-12/h2-9H,11H2,1H3,(H,21,22)/b14-8+. The molecule has 1 aromatic carbocycles. The summed E-state index contributed by atoms with van der Waals surface area (Å²) in [6.07, 6.45) is 4.52. The van der Waals surface area contributed by atoms with Crippen molar-refractivity contribution in [3.63, 3.8) is 0 Å². The first-order valence-electron chi connectivity index (χ1n) is 6.76. The van der Waals surface area contributed by atoms with Crippen molar-refractivity contribution in [2.24, 2.45) is 0 Å². The van der Waals surface area contributed by atoms with Gasteiger partial charge >= 0.3 is 0 Å². The Morgan fingerprint density at radius 3 is 2.78 bits per heavy atom. The summed E-state index contributed by atoms with van der Waals surface area (Å²) < 4.78 is 18.4. The lowest BCUT2D eigenvalue weighted by molar-refractivity contribution is -0.117. The highest BCUT2D eigenvalue weighted by molar-refractivity contribution is 6.01. The number of nitriles is 1. The molecule has 0 aliphatic rings. The van der Waals surface area contributed by atoms with Gasteiger partial charge in [0, 0.05) is 24.5 Å². The first-order valence-corrected chi connectivity index (χ1v) is 6.76. The summed E-state index contributed by atoms with van der Waals surface area (Å²) in [6.45, 7) is 0.265. The van der Waals surface area contributed by atoms with Gasteiger partial charge in [0.2, 0.25) is 0 Å². The molecule has 2 aromatic rings. The van der Waals surface area contributed by atoms with Gasteiger partial charge in [0.25, 0.3) is 5.91 Å². The summed E-state index contributed by atoms with van der Waals surface area (Å²) in [4.78, 5) is 16.0. The number of carbonyl (C=O) groups is 1. The zero-order valence-corrected chi connectivity index (χ0v) is 12.4. The second-order valence-corrected chi connectivity index (χ2v) is 4.59. The van der Waals surface area contributed by atoms with Crippen LogP contribution in [0.5, 0.6) is 5.75 Å². The molecular formula is C17H14FN3O2. The first-order chi connectivity index (χ1) is 11.1. The van der Waals surface area contributed by atoms with Crippen molar-refractivity contribution < 1.29 is 13.9 Å². The smallest absolute Gasteiger partial charge is 0.262 e. The van der Waals surface area contributed by atoms with Crippen molar-refractivity contribution in [2.45, 2.75) is 6.54 Å². The molecule has 0 saturated heterocycles. The molecule has 0 fully saturated rings. The number of aromatic nitrogens is 1. The fourth-order valence-electron chi connectivity index (χ4n) is 1.90. The average molecular weight is 311 g/mol. The highest BCUT2D eigenvalue weighted by atomic mass is 19.1. The maximum absolute atomic E-state index is 13.3. The van der Waals surface area contributed by atoms with Crippen molar-refractivity contribution in [1.82, 2.24) is 10.3 Å². The number of nitrogens with zero attached hydrogens (tertiary/aromatic N) is 2. The molecule has 23 heavy (non-hydrogen) atoms. The highest BCUT2D eigenvalue weighted by Crippen LogP contribution is 2.22. The number of halogens is 1. The minimum atomic E-state index is -0.546. The Bertz CT molecular complexity index is 767. The van der Waals surface area contributed by atoms with Crippen LogP contribution < -0.4 is 10.1 Å². The quantitative estimate of drug-likeness (QED) is 0.680. The highest BCUT2D eigenvalue weighted by Gasteiger charge is 2.11. The second kappa shape index (κ2) is 7.71. The minimum Gasteiger partial charge on any atom is -0.496 e. The number of hydrogen-bond donors (Lipinski definition) is 1. The Morgan fingerprint density at radius 1 is 1.39 bits per heavy atom. The molecule has 0 radical (unpaired) electrons. The Kier molecular flexibility index (Phi) is 5.42. The predicted octanol–water partition coefficient (Wildman–Crippen LogP) is 2.45. The predicted molar refractivity (Wildman–Crippen MR) is 82.6 cm³/mol. The molecule has 5 nitrogen and oxygen atoms in total. The molecule has 116 valence electrons. The number of nitrogens with one attached hydrogen (secondary N) is 1. The van der Waals surface area contributed by atoms with E-state index in [1.165, 1.54) is 31.4 Å². The third-order valence-corrected chi connectivity index (χ3v) is 3.06. The van der Waals surface area contributed by atoms with Gasteiger partial charge in [-0.2, -0.15) is 5.26 Å². The van der Waals surface area contributed by atoms with Gasteiger partial charge in [0.05, 0.1) is 7.11 Å². The average Bonchev–Trinajstić information content (AvgIpc) is 2.58. The van der Waals surface area contributed by atoms with E-state index in [9.17, 15) is 9.18 Å². The number of carbonyl (C=O) groups excluding carboxylic acids is 1. The maximum atomic E-state index is 13.3. The van der Waals surface area contributed by atoms with E-state index in [-0.39, 0.29) is 12.1 Å². The van der Waals surface area contributed by atoms with E-state index in [1.807, 2.05) is 6.07 Å². The molecule has 2 rings (SSSR count). The van der Waals surface area contributed by atoms with Crippen LogP contribution in [0.3, 0.4) is 0 Å². The lowest BCUT2D eigenvalue weighted by Crippen LogP contribution is -2.23. The van der Waals surface area contributed by atoms with Crippen LogP contribution in [0.4, 0.5) is 4.39 Å². The van der Waals surface area contributed by atoms with Gasteiger partial charge in [-0.25, -0.2) is 4.39 Å². The summed E-state index contributed by atoms with van der Waals surface area (Å²) in [5.41, 5.74) is 1.04. The Labute approximate surface area is 133 Å². The van der Waals surface area contributed by atoms with Crippen LogP contribution in [0, 0.1) is 17.1 Å². The molecule has 0 atom stereocenters. The molecule has 0 unspecified atom stereocenters. The van der Waals surface area contributed by atoms with Gasteiger partial charge in [-0.15, -0.1) is 0 Å². The number of pyridine rings is 1. The maximum Gasteiger partial charge on any atom is 0.262 e. The molecule has 6 heteroatoms. The zero-order valence-electron chi connectivity index (χ0n) is 12.4. The summed E-state index contributed by atoms with van der Waals surface area (Å²) in [7, 11) is 1.43. The Hall–Kier alpha value is -3.20. The van der Waals surface area contributed by atoms with Crippen molar-refractivity contribution in [1.29, 1.82) is 5.26 Å². The fourth-order valence-corrected chi connectivity index (χ4v) is 1.90. The molecule has 0 aliphatic carbocycles. The van der Waals surface area contributed by atoms with Gasteiger partial charge in [-0.05, 0) is 42.0 Å². The van der Waals surface area contributed by atoms with E-state index in [2.05, 4.69) is 10.3 Å². The van der Waals surface area contributed by atoms with Crippen LogP contribution in [0.1, 0.15) is 11.1 Å².